The third-order valence-corrected chi connectivity index (χ3v) is 6.57. The fourth-order valence-corrected chi connectivity index (χ4v) is 4.91. The quantitative estimate of drug-likeness (QED) is 0.530. The van der Waals surface area contributed by atoms with E-state index in [1.54, 1.807) is 29.2 Å². The van der Waals surface area contributed by atoms with E-state index < -0.39 is 0 Å². The van der Waals surface area contributed by atoms with Crippen molar-refractivity contribution in [1.82, 2.24) is 15.1 Å². The molecule has 2 aromatic carbocycles. The van der Waals surface area contributed by atoms with E-state index in [9.17, 15) is 9.59 Å². The Kier molecular flexibility index (Phi) is 6.72. The lowest BCUT2D eigenvalue weighted by molar-refractivity contribution is 0.102. The summed E-state index contributed by atoms with van der Waals surface area (Å²) in [5.74, 6) is -0.268. The highest BCUT2D eigenvalue weighted by Crippen LogP contribution is 2.30. The molecule has 3 aromatic rings. The number of hydrogen-bond acceptors (Lipinski definition) is 5. The smallest absolute Gasteiger partial charge is 0.321 e. The van der Waals surface area contributed by atoms with Gasteiger partial charge < -0.3 is 15.5 Å². The molecule has 0 spiro atoms. The van der Waals surface area contributed by atoms with Gasteiger partial charge in [0.25, 0.3) is 5.91 Å². The Bertz CT molecular complexity index is 1130. The first-order valence-corrected chi connectivity index (χ1v) is 11.6. The lowest BCUT2D eigenvalue weighted by atomic mass is 9.99. The predicted octanol–water partition coefficient (Wildman–Crippen LogP) is 5.47. The summed E-state index contributed by atoms with van der Waals surface area (Å²) < 4.78 is 0. The summed E-state index contributed by atoms with van der Waals surface area (Å²) in [7, 11) is 0. The highest BCUT2D eigenvalue weighted by atomic mass is 35.5. The number of piperidine rings is 1. The zero-order valence-corrected chi connectivity index (χ0v) is 19.5. The van der Waals surface area contributed by atoms with Crippen molar-refractivity contribution < 1.29 is 9.59 Å². The number of halogens is 1. The molecule has 2 heterocycles. The summed E-state index contributed by atoms with van der Waals surface area (Å²) in [6.07, 6.45) is 1.77. The molecule has 1 aromatic heterocycles. The van der Waals surface area contributed by atoms with Gasteiger partial charge in [-0.1, -0.05) is 35.1 Å². The number of rotatable bonds is 4. The second-order valence-corrected chi connectivity index (χ2v) is 9.45. The van der Waals surface area contributed by atoms with E-state index in [1.165, 1.54) is 11.3 Å². The van der Waals surface area contributed by atoms with E-state index in [0.29, 0.717) is 23.8 Å². The summed E-state index contributed by atoms with van der Waals surface area (Å²) in [6, 6.07) is 12.8. The van der Waals surface area contributed by atoms with Crippen molar-refractivity contribution in [2.45, 2.75) is 32.6 Å². The number of anilines is 2. The number of urea groups is 1. The van der Waals surface area contributed by atoms with Crippen LogP contribution in [0.1, 0.15) is 44.7 Å². The number of aryl methyl sites for hydroxylation is 2. The van der Waals surface area contributed by atoms with Gasteiger partial charge >= 0.3 is 6.03 Å². The van der Waals surface area contributed by atoms with Crippen LogP contribution in [0.25, 0.3) is 0 Å². The van der Waals surface area contributed by atoms with E-state index in [1.807, 2.05) is 26.0 Å². The molecule has 1 aliphatic rings. The zero-order valence-electron chi connectivity index (χ0n) is 17.9. The monoisotopic (exact) mass is 469 g/mol. The summed E-state index contributed by atoms with van der Waals surface area (Å²) in [6.45, 7) is 5.25. The van der Waals surface area contributed by atoms with Crippen LogP contribution in [0.3, 0.4) is 0 Å². The Balaban J connectivity index is 1.39. The Morgan fingerprint density at radius 3 is 2.59 bits per heavy atom. The largest absolute Gasteiger partial charge is 0.324 e. The van der Waals surface area contributed by atoms with Crippen molar-refractivity contribution in [2.24, 2.45) is 0 Å². The summed E-state index contributed by atoms with van der Waals surface area (Å²) in [4.78, 5) is 27.2. The third kappa shape index (κ3) is 5.44. The molecular weight excluding hydrogens is 446 g/mol. The Morgan fingerprint density at radius 2 is 1.84 bits per heavy atom. The molecule has 1 aliphatic heterocycles. The molecule has 1 unspecified atom stereocenters. The van der Waals surface area contributed by atoms with Gasteiger partial charge in [0.2, 0.25) is 5.01 Å². The normalized spacial score (nSPS) is 16.0. The maximum Gasteiger partial charge on any atom is 0.321 e. The molecule has 0 aliphatic carbocycles. The third-order valence-electron chi connectivity index (χ3n) is 5.25. The van der Waals surface area contributed by atoms with Gasteiger partial charge in [-0.25, -0.2) is 4.79 Å². The van der Waals surface area contributed by atoms with Crippen LogP contribution in [0, 0.1) is 13.8 Å². The lowest BCUT2D eigenvalue weighted by Crippen LogP contribution is -2.41. The van der Waals surface area contributed by atoms with Crippen molar-refractivity contribution in [2.75, 3.05) is 23.7 Å². The molecule has 166 valence electrons. The zero-order chi connectivity index (χ0) is 22.7. The number of aromatic nitrogens is 2. The molecule has 0 bridgehead atoms. The average Bonchev–Trinajstić information content (AvgIpc) is 3.24. The molecule has 32 heavy (non-hydrogen) atoms. The number of amides is 3. The van der Waals surface area contributed by atoms with Crippen LogP contribution in [0.15, 0.2) is 42.5 Å². The van der Waals surface area contributed by atoms with Gasteiger partial charge in [-0.15, -0.1) is 10.2 Å². The fourth-order valence-electron chi connectivity index (χ4n) is 3.85. The molecule has 3 amide bonds. The van der Waals surface area contributed by atoms with E-state index in [0.717, 1.165) is 34.7 Å². The molecular formula is C23H24ClN5O2S. The molecule has 9 heteroatoms. The van der Waals surface area contributed by atoms with Crippen LogP contribution in [-0.4, -0.2) is 40.1 Å². The first-order chi connectivity index (χ1) is 15.4. The van der Waals surface area contributed by atoms with Gasteiger partial charge in [0.15, 0.2) is 0 Å². The topological polar surface area (TPSA) is 87.2 Å². The number of benzene rings is 2. The number of carbonyl (C=O) groups excluding carboxylic acids is 2. The van der Waals surface area contributed by atoms with Crippen molar-refractivity contribution in [1.29, 1.82) is 0 Å². The van der Waals surface area contributed by atoms with Crippen LogP contribution >= 0.6 is 22.9 Å². The first-order valence-electron chi connectivity index (χ1n) is 10.4. The van der Waals surface area contributed by atoms with Crippen molar-refractivity contribution in [3.05, 3.63) is 68.6 Å². The Morgan fingerprint density at radius 1 is 1.06 bits per heavy atom. The van der Waals surface area contributed by atoms with Crippen LogP contribution in [0.4, 0.5) is 16.2 Å². The first kappa shape index (κ1) is 22.2. The minimum atomic E-state index is -0.323. The molecule has 0 radical (unpaired) electrons. The minimum Gasteiger partial charge on any atom is -0.324 e. The standard InChI is InChI=1S/C23H24ClN5O2S/c1-14-9-15(2)11-19(10-14)26-23(31)29-8-4-5-16(13-29)21-27-28-22(32-21)20(30)25-18-7-3-6-17(24)12-18/h3,6-7,9-12,16H,4-5,8,13H2,1-2H3,(H,25,30)(H,26,31). The number of carbonyl (C=O) groups is 2. The maximum absolute atomic E-state index is 12.8. The van der Waals surface area contributed by atoms with E-state index >= 15 is 0 Å². The summed E-state index contributed by atoms with van der Waals surface area (Å²) >= 11 is 7.24. The molecule has 1 saturated heterocycles. The van der Waals surface area contributed by atoms with Crippen LogP contribution < -0.4 is 10.6 Å². The number of likely N-dealkylation sites (tertiary alicyclic amines) is 1. The van der Waals surface area contributed by atoms with E-state index in [2.05, 4.69) is 26.9 Å². The highest BCUT2D eigenvalue weighted by Gasteiger charge is 2.28. The van der Waals surface area contributed by atoms with Gasteiger partial charge in [0.1, 0.15) is 5.01 Å². The maximum atomic E-state index is 12.8. The molecule has 2 N–H and O–H groups in total. The molecule has 1 fully saturated rings. The fraction of sp³-hybridized carbons (Fsp3) is 0.304. The number of nitrogens with zero attached hydrogens (tertiary/aromatic N) is 3. The van der Waals surface area contributed by atoms with Gasteiger partial charge in [-0.2, -0.15) is 0 Å². The highest BCUT2D eigenvalue weighted by molar-refractivity contribution is 7.13. The lowest BCUT2D eigenvalue weighted by Gasteiger charge is -2.31. The molecule has 7 nitrogen and oxygen atoms in total. The predicted molar refractivity (Wildman–Crippen MR) is 128 cm³/mol. The van der Waals surface area contributed by atoms with Crippen molar-refractivity contribution >= 4 is 46.3 Å². The minimum absolute atomic E-state index is 0.0546. The summed E-state index contributed by atoms with van der Waals surface area (Å²) in [5.41, 5.74) is 3.61. The molecule has 1 atom stereocenters. The average molecular weight is 470 g/mol. The number of nitrogens with one attached hydrogen (secondary N) is 2. The number of hydrogen-bond donors (Lipinski definition) is 2. The van der Waals surface area contributed by atoms with Crippen molar-refractivity contribution in [3.63, 3.8) is 0 Å². The Hall–Kier alpha value is -2.97. The molecule has 0 saturated carbocycles. The van der Waals surface area contributed by atoms with Crippen LogP contribution in [0.5, 0.6) is 0 Å². The van der Waals surface area contributed by atoms with E-state index in [4.69, 9.17) is 11.6 Å². The molecule has 4 rings (SSSR count). The van der Waals surface area contributed by atoms with Gasteiger partial charge in [-0.05, 0) is 68.1 Å². The van der Waals surface area contributed by atoms with Crippen LogP contribution in [0.2, 0.25) is 5.02 Å². The van der Waals surface area contributed by atoms with E-state index in [-0.39, 0.29) is 22.9 Å². The van der Waals surface area contributed by atoms with Gasteiger partial charge in [0, 0.05) is 35.4 Å². The second-order valence-electron chi connectivity index (χ2n) is 8.00. The Labute approximate surface area is 195 Å². The second kappa shape index (κ2) is 9.67. The summed E-state index contributed by atoms with van der Waals surface area (Å²) in [5, 5.41) is 15.7. The van der Waals surface area contributed by atoms with Crippen LogP contribution in [-0.2, 0) is 0 Å². The van der Waals surface area contributed by atoms with Crippen molar-refractivity contribution in [3.8, 4) is 0 Å². The van der Waals surface area contributed by atoms with Gasteiger partial charge in [0.05, 0.1) is 0 Å². The SMILES string of the molecule is Cc1cc(C)cc(NC(=O)N2CCCC(c3nnc(C(=O)Nc4cccc(Cl)c4)s3)C2)c1. The van der Waals surface area contributed by atoms with Gasteiger partial charge in [-0.3, -0.25) is 4.79 Å².